The van der Waals surface area contributed by atoms with Crippen LogP contribution in [-0.4, -0.2) is 52.3 Å². The molecule has 198 valence electrons. The number of hydrogen-bond acceptors (Lipinski definition) is 7. The second-order valence-corrected chi connectivity index (χ2v) is 12.0. The van der Waals surface area contributed by atoms with Crippen molar-refractivity contribution in [3.05, 3.63) is 23.8 Å². The van der Waals surface area contributed by atoms with E-state index < -0.39 is 46.9 Å². The highest BCUT2D eigenvalue weighted by Crippen LogP contribution is 2.69. The Balaban J connectivity index is 1.79. The van der Waals surface area contributed by atoms with Gasteiger partial charge in [0, 0.05) is 40.9 Å². The maximum Gasteiger partial charge on any atom is 0.306 e. The van der Waals surface area contributed by atoms with E-state index in [9.17, 15) is 24.3 Å². The number of alkyl halides is 1. The summed E-state index contributed by atoms with van der Waals surface area (Å²) in [6.45, 7) is 8.69. The van der Waals surface area contributed by atoms with Crippen LogP contribution >= 0.6 is 11.6 Å². The minimum atomic E-state index is -1.54. The van der Waals surface area contributed by atoms with Gasteiger partial charge < -0.3 is 14.6 Å². The average molecular weight is 521 g/mol. The minimum absolute atomic E-state index is 0.0767. The predicted molar refractivity (Wildman–Crippen MR) is 133 cm³/mol. The monoisotopic (exact) mass is 520 g/mol. The molecule has 36 heavy (non-hydrogen) atoms. The molecular formula is C28H37ClO7. The van der Waals surface area contributed by atoms with Crippen molar-refractivity contribution < 1.29 is 33.8 Å². The molecule has 7 nitrogen and oxygen atoms in total. The number of carbonyl (C=O) groups excluding carboxylic acids is 4. The van der Waals surface area contributed by atoms with E-state index >= 15 is 0 Å². The van der Waals surface area contributed by atoms with Crippen molar-refractivity contribution in [3.63, 3.8) is 0 Å². The average Bonchev–Trinajstić information content (AvgIpc) is 3.04. The molecule has 0 saturated heterocycles. The Morgan fingerprint density at radius 2 is 1.83 bits per heavy atom. The van der Waals surface area contributed by atoms with Gasteiger partial charge in [-0.2, -0.15) is 0 Å². The molecule has 9 atom stereocenters. The second-order valence-electron chi connectivity index (χ2n) is 11.4. The third-order valence-electron chi connectivity index (χ3n) is 9.65. The van der Waals surface area contributed by atoms with E-state index in [0.29, 0.717) is 12.8 Å². The molecule has 1 unspecified atom stereocenters. The number of aliphatic hydroxyl groups excluding tert-OH is 1. The molecule has 0 aliphatic heterocycles. The van der Waals surface area contributed by atoms with E-state index in [1.54, 1.807) is 26.0 Å². The van der Waals surface area contributed by atoms with Crippen LogP contribution in [0, 0.1) is 34.5 Å². The van der Waals surface area contributed by atoms with Gasteiger partial charge in [0.2, 0.25) is 5.78 Å². The van der Waals surface area contributed by atoms with Crippen molar-refractivity contribution in [2.24, 2.45) is 34.5 Å². The number of Topliss-reactive ketones (excluding diaryl/α,β-unsaturated/α-hetero) is 1. The van der Waals surface area contributed by atoms with Gasteiger partial charge >= 0.3 is 11.9 Å². The molecule has 0 amide bonds. The fourth-order valence-corrected chi connectivity index (χ4v) is 8.54. The van der Waals surface area contributed by atoms with E-state index in [1.807, 2.05) is 26.8 Å². The summed E-state index contributed by atoms with van der Waals surface area (Å²) in [5, 5.41) is 11.4. The maximum atomic E-state index is 13.9. The fourth-order valence-electron chi connectivity index (χ4n) is 8.04. The number of hydrogen-bond donors (Lipinski definition) is 1. The lowest BCUT2D eigenvalue weighted by Crippen LogP contribution is -2.65. The zero-order valence-corrected chi connectivity index (χ0v) is 22.5. The highest BCUT2D eigenvalue weighted by molar-refractivity contribution is 6.21. The van der Waals surface area contributed by atoms with Crippen molar-refractivity contribution in [1.29, 1.82) is 0 Å². The number of fused-ring (bicyclic) bond motifs is 5. The molecule has 0 spiro atoms. The SMILES string of the molecule is CCC(=O)OCC(=O)[C@@]1(OC(=O)CC)[C@H](C)C[C@H]2[C@H]3[C@H]([C@@H](O)C[C@@]21C)C1(C)C=CC(=O)C=C1C[C@H]3Cl. The lowest BCUT2D eigenvalue weighted by Gasteiger charge is -2.61. The molecule has 0 aromatic carbocycles. The third-order valence-corrected chi connectivity index (χ3v) is 10.1. The molecule has 0 aromatic rings. The summed E-state index contributed by atoms with van der Waals surface area (Å²) < 4.78 is 11.3. The Kier molecular flexibility index (Phi) is 7.06. The van der Waals surface area contributed by atoms with Gasteiger partial charge in [0.25, 0.3) is 0 Å². The summed E-state index contributed by atoms with van der Waals surface area (Å²) in [4.78, 5) is 50.5. The predicted octanol–water partition coefficient (Wildman–Crippen LogP) is 3.94. The molecule has 0 bridgehead atoms. The molecule has 3 fully saturated rings. The number of carbonyl (C=O) groups is 4. The van der Waals surface area contributed by atoms with E-state index in [1.165, 1.54) is 0 Å². The lowest BCUT2D eigenvalue weighted by atomic mass is 9.46. The van der Waals surface area contributed by atoms with Crippen molar-refractivity contribution in [1.82, 2.24) is 0 Å². The van der Waals surface area contributed by atoms with Crippen LogP contribution in [-0.2, 0) is 28.7 Å². The van der Waals surface area contributed by atoms with E-state index in [2.05, 4.69) is 0 Å². The third kappa shape index (κ3) is 3.80. The van der Waals surface area contributed by atoms with Crippen molar-refractivity contribution in [3.8, 4) is 0 Å². The van der Waals surface area contributed by atoms with Gasteiger partial charge in [0.15, 0.2) is 18.0 Å². The Hall–Kier alpha value is -1.99. The normalized spacial score (nSPS) is 43.1. The van der Waals surface area contributed by atoms with Crippen molar-refractivity contribution >= 4 is 35.1 Å². The number of halogens is 1. The van der Waals surface area contributed by atoms with Crippen molar-refractivity contribution in [2.45, 2.75) is 83.8 Å². The molecule has 0 aromatic heterocycles. The summed E-state index contributed by atoms with van der Waals surface area (Å²) in [5.41, 5.74) is -2.06. The Morgan fingerprint density at radius 3 is 2.47 bits per heavy atom. The van der Waals surface area contributed by atoms with Crippen LogP contribution < -0.4 is 0 Å². The first-order valence-electron chi connectivity index (χ1n) is 13.0. The first-order valence-corrected chi connectivity index (χ1v) is 13.5. The number of allylic oxidation sites excluding steroid dienone is 4. The van der Waals surface area contributed by atoms with E-state index in [0.717, 1.165) is 5.57 Å². The van der Waals surface area contributed by atoms with Crippen LogP contribution in [0.1, 0.15) is 66.7 Å². The second kappa shape index (κ2) is 9.39. The zero-order valence-electron chi connectivity index (χ0n) is 21.7. The standard InChI is InChI=1S/C28H37ClO7/c1-6-22(33)35-14-21(32)28(36-23(34)7-2)15(3)10-18-24-19(29)12-16-11-17(30)8-9-26(16,4)25(24)20(31)13-27(18,28)5/h8-9,11,15,18-20,24-25,31H,6-7,10,12-14H2,1-5H3/t15-,18+,19-,20+,24-,25+,26?,27+,28+/m1/s1. The topological polar surface area (TPSA) is 107 Å². The summed E-state index contributed by atoms with van der Waals surface area (Å²) in [6, 6.07) is 0. The van der Waals surface area contributed by atoms with Crippen LogP contribution in [0.4, 0.5) is 0 Å². The number of aliphatic hydroxyl groups is 1. The molecule has 8 heteroatoms. The van der Waals surface area contributed by atoms with Gasteiger partial charge in [0.05, 0.1) is 6.10 Å². The molecule has 4 aliphatic rings. The number of rotatable bonds is 6. The summed E-state index contributed by atoms with van der Waals surface area (Å²) in [7, 11) is 0. The van der Waals surface area contributed by atoms with Gasteiger partial charge in [0.1, 0.15) is 0 Å². The number of esters is 2. The van der Waals surface area contributed by atoms with Gasteiger partial charge in [-0.25, -0.2) is 0 Å². The Labute approximate surface area is 217 Å². The summed E-state index contributed by atoms with van der Waals surface area (Å²) >= 11 is 7.04. The highest BCUT2D eigenvalue weighted by Gasteiger charge is 2.73. The molecule has 0 heterocycles. The largest absolute Gasteiger partial charge is 0.457 e. The molecule has 0 radical (unpaired) electrons. The highest BCUT2D eigenvalue weighted by atomic mass is 35.5. The molecule has 1 N–H and O–H groups in total. The van der Waals surface area contributed by atoms with Crippen LogP contribution in [0.3, 0.4) is 0 Å². The van der Waals surface area contributed by atoms with Crippen LogP contribution in [0.2, 0.25) is 0 Å². The first kappa shape index (κ1) is 27.1. The minimum Gasteiger partial charge on any atom is -0.457 e. The quantitative estimate of drug-likeness (QED) is 0.417. The maximum absolute atomic E-state index is 13.9. The first-order chi connectivity index (χ1) is 16.9. The molecule has 3 saturated carbocycles. The van der Waals surface area contributed by atoms with E-state index in [4.69, 9.17) is 21.1 Å². The summed E-state index contributed by atoms with van der Waals surface area (Å²) in [6.07, 6.45) is 5.79. The number of ketones is 2. The lowest BCUT2D eigenvalue weighted by molar-refractivity contribution is -0.205. The van der Waals surface area contributed by atoms with Crippen LogP contribution in [0.5, 0.6) is 0 Å². The van der Waals surface area contributed by atoms with E-state index in [-0.39, 0.29) is 54.1 Å². The van der Waals surface area contributed by atoms with Crippen LogP contribution in [0.25, 0.3) is 0 Å². The Morgan fingerprint density at radius 1 is 1.17 bits per heavy atom. The van der Waals surface area contributed by atoms with Gasteiger partial charge in [-0.15, -0.1) is 11.6 Å². The molecular weight excluding hydrogens is 484 g/mol. The van der Waals surface area contributed by atoms with Gasteiger partial charge in [-0.05, 0) is 43.3 Å². The van der Waals surface area contributed by atoms with Gasteiger partial charge in [-0.1, -0.05) is 46.3 Å². The number of ether oxygens (including phenoxy) is 2. The fraction of sp³-hybridized carbons (Fsp3) is 0.714. The Bertz CT molecular complexity index is 1030. The summed E-state index contributed by atoms with van der Waals surface area (Å²) in [5.74, 6) is -2.44. The van der Waals surface area contributed by atoms with Gasteiger partial charge in [-0.3, -0.25) is 19.2 Å². The molecule has 4 rings (SSSR count). The zero-order chi connectivity index (χ0) is 26.6. The van der Waals surface area contributed by atoms with Crippen molar-refractivity contribution in [2.75, 3.05) is 6.61 Å². The smallest absolute Gasteiger partial charge is 0.306 e. The molecule has 4 aliphatic carbocycles. The van der Waals surface area contributed by atoms with Crippen LogP contribution in [0.15, 0.2) is 23.8 Å².